The van der Waals surface area contributed by atoms with Gasteiger partial charge in [-0.3, -0.25) is 9.80 Å². The van der Waals surface area contributed by atoms with Gasteiger partial charge in [-0.2, -0.15) is 0 Å². The fraction of sp³-hybridized carbons (Fsp3) is 0.235. The molecule has 3 rings (SSSR count). The highest BCUT2D eigenvalue weighted by Crippen LogP contribution is 2.47. The van der Waals surface area contributed by atoms with Crippen molar-refractivity contribution in [3.8, 4) is 0 Å². The number of anilines is 2. The quantitative estimate of drug-likeness (QED) is 0.854. The minimum atomic E-state index is -0.110. The lowest BCUT2D eigenvalue weighted by Gasteiger charge is -2.32. The first-order valence-corrected chi connectivity index (χ1v) is 8.02. The number of benzene rings is 2. The zero-order chi connectivity index (χ0) is 15.7. The minimum absolute atomic E-state index is 0.0404. The Hall–Kier alpha value is -1.98. The molecule has 0 aliphatic carbocycles. The zero-order valence-corrected chi connectivity index (χ0v) is 13.7. The average Bonchev–Trinajstić information content (AvgIpc) is 2.52. The molecule has 0 saturated carbocycles. The topological polar surface area (TPSA) is 35.6 Å². The van der Waals surface area contributed by atoms with Crippen LogP contribution in [0.2, 0.25) is 0 Å². The highest BCUT2D eigenvalue weighted by atomic mass is 32.2. The summed E-state index contributed by atoms with van der Waals surface area (Å²) in [5.74, 6) is 0. The van der Waals surface area contributed by atoms with Gasteiger partial charge in [-0.1, -0.05) is 36.0 Å². The van der Waals surface area contributed by atoms with E-state index in [1.165, 1.54) is 0 Å². The number of amides is 2. The Morgan fingerprint density at radius 1 is 1.05 bits per heavy atom. The van der Waals surface area contributed by atoms with Crippen LogP contribution in [0.1, 0.15) is 6.92 Å². The second-order valence-electron chi connectivity index (χ2n) is 5.46. The van der Waals surface area contributed by atoms with Gasteiger partial charge in [0.15, 0.2) is 0 Å². The highest BCUT2D eigenvalue weighted by Gasteiger charge is 2.28. The van der Waals surface area contributed by atoms with E-state index < -0.39 is 0 Å². The van der Waals surface area contributed by atoms with Gasteiger partial charge in [0, 0.05) is 9.79 Å². The molecule has 2 aromatic carbocycles. The third kappa shape index (κ3) is 2.69. The number of nitrogens with zero attached hydrogens (tertiary/aromatic N) is 2. The van der Waals surface area contributed by atoms with Crippen molar-refractivity contribution in [1.29, 1.82) is 0 Å². The Morgan fingerprint density at radius 3 is 2.05 bits per heavy atom. The molecule has 1 atom stereocenters. The van der Waals surface area contributed by atoms with Gasteiger partial charge in [-0.05, 0) is 45.3 Å². The van der Waals surface area contributed by atoms with Crippen molar-refractivity contribution in [2.75, 3.05) is 19.0 Å². The Morgan fingerprint density at radius 2 is 1.55 bits per heavy atom. The second kappa shape index (κ2) is 6.02. The molecule has 0 aromatic heterocycles. The van der Waals surface area contributed by atoms with Crippen molar-refractivity contribution in [2.45, 2.75) is 22.9 Å². The van der Waals surface area contributed by atoms with Gasteiger partial charge < -0.3 is 5.32 Å². The first-order chi connectivity index (χ1) is 10.6. The van der Waals surface area contributed by atoms with Crippen molar-refractivity contribution in [2.24, 2.45) is 0 Å². The molecule has 2 amide bonds. The summed E-state index contributed by atoms with van der Waals surface area (Å²) in [6, 6.07) is 15.9. The molecule has 5 heteroatoms. The van der Waals surface area contributed by atoms with Crippen LogP contribution in [0.3, 0.4) is 0 Å². The van der Waals surface area contributed by atoms with E-state index in [-0.39, 0.29) is 12.2 Å². The molecule has 114 valence electrons. The fourth-order valence-corrected chi connectivity index (χ4v) is 3.35. The standard InChI is InChI=1S/C17H19N3OS/c1-12(19(2)3)18-17(21)20-13-8-4-6-10-15(13)22-16-11-7-5-9-14(16)20/h4-12H,1-3H3,(H,18,21)/t12-/m0/s1. The molecule has 4 nitrogen and oxygen atoms in total. The largest absolute Gasteiger partial charge is 0.327 e. The van der Waals surface area contributed by atoms with E-state index >= 15 is 0 Å². The summed E-state index contributed by atoms with van der Waals surface area (Å²) in [4.78, 5) is 18.7. The van der Waals surface area contributed by atoms with E-state index in [2.05, 4.69) is 5.32 Å². The minimum Gasteiger partial charge on any atom is -0.322 e. The van der Waals surface area contributed by atoms with Crippen LogP contribution >= 0.6 is 11.8 Å². The van der Waals surface area contributed by atoms with E-state index in [4.69, 9.17) is 0 Å². The summed E-state index contributed by atoms with van der Waals surface area (Å²) in [6.07, 6.45) is -0.0404. The summed E-state index contributed by atoms with van der Waals surface area (Å²) in [7, 11) is 3.89. The number of carbonyl (C=O) groups excluding carboxylic acids is 1. The number of fused-ring (bicyclic) bond motifs is 2. The summed E-state index contributed by atoms with van der Waals surface area (Å²) in [5.41, 5.74) is 1.85. The molecule has 0 unspecified atom stereocenters. The predicted molar refractivity (Wildman–Crippen MR) is 90.8 cm³/mol. The highest BCUT2D eigenvalue weighted by molar-refractivity contribution is 7.99. The summed E-state index contributed by atoms with van der Waals surface area (Å²) < 4.78 is 0. The number of para-hydroxylation sites is 2. The van der Waals surface area contributed by atoms with Crippen molar-refractivity contribution in [3.63, 3.8) is 0 Å². The Labute approximate surface area is 135 Å². The summed E-state index contributed by atoms with van der Waals surface area (Å²) in [6.45, 7) is 1.97. The SMILES string of the molecule is C[C@@H](NC(=O)N1c2ccccc2Sc2ccccc21)N(C)C. The van der Waals surface area contributed by atoms with E-state index in [1.807, 2.05) is 74.4 Å². The number of rotatable bonds is 2. The van der Waals surface area contributed by atoms with Crippen molar-refractivity contribution >= 4 is 29.2 Å². The third-order valence-electron chi connectivity index (χ3n) is 3.74. The van der Waals surface area contributed by atoms with Gasteiger partial charge in [0.25, 0.3) is 0 Å². The lowest BCUT2D eigenvalue weighted by atomic mass is 10.2. The van der Waals surface area contributed by atoms with Gasteiger partial charge in [0.1, 0.15) is 0 Å². The molecule has 2 aromatic rings. The maximum atomic E-state index is 12.8. The monoisotopic (exact) mass is 313 g/mol. The summed E-state index contributed by atoms with van der Waals surface area (Å²) in [5, 5.41) is 3.03. The van der Waals surface area contributed by atoms with Crippen LogP contribution in [-0.4, -0.2) is 31.2 Å². The number of nitrogens with one attached hydrogen (secondary N) is 1. The van der Waals surface area contributed by atoms with E-state index in [1.54, 1.807) is 16.7 Å². The molecule has 0 saturated heterocycles. The van der Waals surface area contributed by atoms with Gasteiger partial charge in [0.05, 0.1) is 17.5 Å². The smallest absolute Gasteiger partial charge is 0.322 e. The molecular formula is C17H19N3OS. The van der Waals surface area contributed by atoms with Crippen LogP contribution in [0.15, 0.2) is 58.3 Å². The third-order valence-corrected chi connectivity index (χ3v) is 4.87. The van der Waals surface area contributed by atoms with E-state index in [0.29, 0.717) is 0 Å². The second-order valence-corrected chi connectivity index (χ2v) is 6.55. The molecule has 1 aliphatic heterocycles. The normalized spacial score (nSPS) is 14.3. The number of hydrogen-bond donors (Lipinski definition) is 1. The zero-order valence-electron chi connectivity index (χ0n) is 12.9. The maximum Gasteiger partial charge on any atom is 0.327 e. The number of carbonyl (C=O) groups is 1. The maximum absolute atomic E-state index is 12.8. The molecular weight excluding hydrogens is 294 g/mol. The first kappa shape index (κ1) is 14.9. The summed E-state index contributed by atoms with van der Waals surface area (Å²) >= 11 is 1.70. The van der Waals surface area contributed by atoms with Crippen molar-refractivity contribution < 1.29 is 4.79 Å². The lowest BCUT2D eigenvalue weighted by Crippen LogP contribution is -2.48. The lowest BCUT2D eigenvalue weighted by molar-refractivity contribution is 0.223. The molecule has 0 radical (unpaired) electrons. The van der Waals surface area contributed by atoms with Crippen LogP contribution in [0, 0.1) is 0 Å². The number of urea groups is 1. The van der Waals surface area contributed by atoms with Crippen LogP contribution < -0.4 is 10.2 Å². The van der Waals surface area contributed by atoms with Crippen LogP contribution in [0.25, 0.3) is 0 Å². The van der Waals surface area contributed by atoms with Gasteiger partial charge in [-0.15, -0.1) is 0 Å². The Kier molecular flexibility index (Phi) is 4.09. The number of hydrogen-bond acceptors (Lipinski definition) is 3. The van der Waals surface area contributed by atoms with Crippen LogP contribution in [0.4, 0.5) is 16.2 Å². The van der Waals surface area contributed by atoms with E-state index in [0.717, 1.165) is 21.2 Å². The predicted octanol–water partition coefficient (Wildman–Crippen LogP) is 3.91. The Bertz CT molecular complexity index is 656. The van der Waals surface area contributed by atoms with Crippen LogP contribution in [0.5, 0.6) is 0 Å². The molecule has 1 aliphatic rings. The van der Waals surface area contributed by atoms with Gasteiger partial charge in [-0.25, -0.2) is 4.79 Å². The Balaban J connectivity index is 2.01. The van der Waals surface area contributed by atoms with E-state index in [9.17, 15) is 4.79 Å². The van der Waals surface area contributed by atoms with Crippen molar-refractivity contribution in [3.05, 3.63) is 48.5 Å². The van der Waals surface area contributed by atoms with Gasteiger partial charge >= 0.3 is 6.03 Å². The molecule has 1 heterocycles. The average molecular weight is 313 g/mol. The molecule has 22 heavy (non-hydrogen) atoms. The molecule has 0 fully saturated rings. The molecule has 0 bridgehead atoms. The fourth-order valence-electron chi connectivity index (χ4n) is 2.30. The molecule has 0 spiro atoms. The molecule has 1 N–H and O–H groups in total. The van der Waals surface area contributed by atoms with Crippen molar-refractivity contribution in [1.82, 2.24) is 10.2 Å². The van der Waals surface area contributed by atoms with Crippen LogP contribution in [-0.2, 0) is 0 Å². The first-order valence-electron chi connectivity index (χ1n) is 7.21. The van der Waals surface area contributed by atoms with Gasteiger partial charge in [0.2, 0.25) is 0 Å².